The first-order valence-corrected chi connectivity index (χ1v) is 7.37. The monoisotopic (exact) mass is 325 g/mol. The van der Waals surface area contributed by atoms with Gasteiger partial charge in [0.15, 0.2) is 0 Å². The Bertz CT molecular complexity index is 756. The van der Waals surface area contributed by atoms with Crippen LogP contribution in [0.2, 0.25) is 0 Å². The van der Waals surface area contributed by atoms with Gasteiger partial charge < -0.3 is 16.0 Å². The quantitative estimate of drug-likeness (QED) is 0.709. The van der Waals surface area contributed by atoms with Gasteiger partial charge in [-0.15, -0.1) is 6.58 Å². The maximum Gasteiger partial charge on any atom is 0.270 e. The minimum absolute atomic E-state index is 0.132. The van der Waals surface area contributed by atoms with Crippen LogP contribution < -0.4 is 16.0 Å². The number of hydrogen-bond acceptors (Lipinski definition) is 5. The summed E-state index contributed by atoms with van der Waals surface area (Å²) in [6.45, 7) is 7.17. The third kappa shape index (κ3) is 4.91. The molecule has 0 radical (unpaired) electrons. The van der Waals surface area contributed by atoms with E-state index in [-0.39, 0.29) is 17.5 Å². The summed E-state index contributed by atoms with van der Waals surface area (Å²) < 4.78 is 0. The molecule has 0 unspecified atom stereocenters. The summed E-state index contributed by atoms with van der Waals surface area (Å²) in [5.74, 6) is -0.0941. The molecule has 1 heterocycles. The molecular formula is C17H19N5O2. The zero-order valence-corrected chi connectivity index (χ0v) is 13.6. The van der Waals surface area contributed by atoms with E-state index in [2.05, 4.69) is 32.5 Å². The van der Waals surface area contributed by atoms with E-state index in [9.17, 15) is 9.59 Å². The Morgan fingerprint density at radius 2 is 1.83 bits per heavy atom. The fourth-order valence-electron chi connectivity index (χ4n) is 1.97. The molecule has 0 aliphatic heterocycles. The van der Waals surface area contributed by atoms with Gasteiger partial charge in [0.2, 0.25) is 11.9 Å². The van der Waals surface area contributed by atoms with Crippen LogP contribution >= 0.6 is 0 Å². The van der Waals surface area contributed by atoms with E-state index in [4.69, 9.17) is 0 Å². The van der Waals surface area contributed by atoms with Gasteiger partial charge in [-0.2, -0.15) is 0 Å². The maximum absolute atomic E-state index is 12.0. The molecule has 7 nitrogen and oxygen atoms in total. The number of anilines is 3. The highest BCUT2D eigenvalue weighted by atomic mass is 16.2. The summed E-state index contributed by atoms with van der Waals surface area (Å²) in [5, 5.41) is 8.41. The molecule has 0 fully saturated rings. The molecule has 2 amide bonds. The number of nitrogens with zero attached hydrogens (tertiary/aromatic N) is 2. The lowest BCUT2D eigenvalue weighted by Crippen LogP contribution is -2.24. The molecule has 0 aliphatic rings. The van der Waals surface area contributed by atoms with Crippen molar-refractivity contribution in [2.45, 2.75) is 13.8 Å². The molecule has 24 heavy (non-hydrogen) atoms. The predicted molar refractivity (Wildman–Crippen MR) is 93.3 cm³/mol. The van der Waals surface area contributed by atoms with Crippen molar-refractivity contribution >= 4 is 29.1 Å². The summed E-state index contributed by atoms with van der Waals surface area (Å²) in [7, 11) is 0. The van der Waals surface area contributed by atoms with Gasteiger partial charge in [-0.3, -0.25) is 9.59 Å². The molecule has 2 rings (SSSR count). The zero-order chi connectivity index (χ0) is 17.5. The average molecular weight is 325 g/mol. The SMILES string of the molecule is C=CCNC(=O)c1cc(C)nc(Nc2ccc(NC(C)=O)cc2)n1. The Morgan fingerprint density at radius 3 is 2.46 bits per heavy atom. The van der Waals surface area contributed by atoms with Gasteiger partial charge in [0.05, 0.1) is 0 Å². The second kappa shape index (κ2) is 7.87. The molecule has 0 saturated heterocycles. The third-order valence-electron chi connectivity index (χ3n) is 2.96. The van der Waals surface area contributed by atoms with Crippen LogP contribution in [0.1, 0.15) is 23.1 Å². The smallest absolute Gasteiger partial charge is 0.270 e. The van der Waals surface area contributed by atoms with Gasteiger partial charge in [-0.25, -0.2) is 9.97 Å². The summed E-state index contributed by atoms with van der Waals surface area (Å²) in [6.07, 6.45) is 1.60. The number of nitrogens with one attached hydrogen (secondary N) is 3. The molecular weight excluding hydrogens is 306 g/mol. The summed E-state index contributed by atoms with van der Waals surface area (Å²) in [5.41, 5.74) is 2.39. The summed E-state index contributed by atoms with van der Waals surface area (Å²) in [6, 6.07) is 8.71. The Morgan fingerprint density at radius 1 is 1.17 bits per heavy atom. The highest BCUT2D eigenvalue weighted by Crippen LogP contribution is 2.17. The first-order chi connectivity index (χ1) is 11.5. The van der Waals surface area contributed by atoms with E-state index in [1.807, 2.05) is 0 Å². The second-order valence-electron chi connectivity index (χ2n) is 5.10. The molecule has 0 spiro atoms. The van der Waals surface area contributed by atoms with Gasteiger partial charge >= 0.3 is 0 Å². The van der Waals surface area contributed by atoms with E-state index in [0.717, 1.165) is 5.69 Å². The van der Waals surface area contributed by atoms with Crippen LogP contribution in [0.5, 0.6) is 0 Å². The van der Waals surface area contributed by atoms with Crippen molar-refractivity contribution in [3.8, 4) is 0 Å². The Hall–Kier alpha value is -3.22. The number of carbonyl (C=O) groups excluding carboxylic acids is 2. The number of aromatic nitrogens is 2. The van der Waals surface area contributed by atoms with E-state index in [1.54, 1.807) is 43.3 Å². The fraction of sp³-hybridized carbons (Fsp3) is 0.176. The van der Waals surface area contributed by atoms with Crippen molar-refractivity contribution in [3.63, 3.8) is 0 Å². The van der Waals surface area contributed by atoms with Gasteiger partial charge in [0, 0.05) is 30.5 Å². The number of hydrogen-bond donors (Lipinski definition) is 3. The number of amides is 2. The van der Waals surface area contributed by atoms with Crippen molar-refractivity contribution in [2.75, 3.05) is 17.2 Å². The molecule has 0 saturated carbocycles. The lowest BCUT2D eigenvalue weighted by atomic mass is 10.2. The predicted octanol–water partition coefficient (Wildman–Crippen LogP) is 2.40. The van der Waals surface area contributed by atoms with Gasteiger partial charge in [0.25, 0.3) is 5.91 Å². The first kappa shape index (κ1) is 17.1. The zero-order valence-electron chi connectivity index (χ0n) is 13.6. The number of aryl methyl sites for hydroxylation is 1. The minimum Gasteiger partial charge on any atom is -0.347 e. The molecule has 1 aromatic carbocycles. The van der Waals surface area contributed by atoms with Crippen molar-refractivity contribution in [1.29, 1.82) is 0 Å². The average Bonchev–Trinajstić information content (AvgIpc) is 2.53. The largest absolute Gasteiger partial charge is 0.347 e. The molecule has 124 valence electrons. The van der Waals surface area contributed by atoms with E-state index in [1.165, 1.54) is 6.92 Å². The normalized spacial score (nSPS) is 9.92. The highest BCUT2D eigenvalue weighted by Gasteiger charge is 2.10. The molecule has 0 aliphatic carbocycles. The first-order valence-electron chi connectivity index (χ1n) is 7.37. The van der Waals surface area contributed by atoms with E-state index >= 15 is 0 Å². The fourth-order valence-corrected chi connectivity index (χ4v) is 1.97. The lowest BCUT2D eigenvalue weighted by Gasteiger charge is -2.09. The van der Waals surface area contributed by atoms with Gasteiger partial charge in [-0.05, 0) is 37.3 Å². The van der Waals surface area contributed by atoms with Crippen LogP contribution in [0.25, 0.3) is 0 Å². The lowest BCUT2D eigenvalue weighted by molar-refractivity contribution is -0.114. The molecule has 1 aromatic heterocycles. The van der Waals surface area contributed by atoms with Crippen LogP contribution in [0.3, 0.4) is 0 Å². The second-order valence-corrected chi connectivity index (χ2v) is 5.10. The molecule has 7 heteroatoms. The van der Waals surface area contributed by atoms with E-state index < -0.39 is 0 Å². The summed E-state index contributed by atoms with van der Waals surface area (Å²) >= 11 is 0. The maximum atomic E-state index is 12.0. The van der Waals surface area contributed by atoms with Crippen molar-refractivity contribution in [2.24, 2.45) is 0 Å². The number of benzene rings is 1. The van der Waals surface area contributed by atoms with Gasteiger partial charge in [0.1, 0.15) is 5.69 Å². The standard InChI is InChI=1S/C17H19N5O2/c1-4-9-18-16(24)15-10-11(2)19-17(22-15)21-14-7-5-13(6-8-14)20-12(3)23/h4-8,10H,1,9H2,2-3H3,(H,18,24)(H,20,23)(H,19,21,22). The highest BCUT2D eigenvalue weighted by molar-refractivity contribution is 5.92. The van der Waals surface area contributed by atoms with Crippen LogP contribution in [-0.4, -0.2) is 28.3 Å². The van der Waals surface area contributed by atoms with Crippen molar-refractivity contribution in [1.82, 2.24) is 15.3 Å². The van der Waals surface area contributed by atoms with Crippen molar-refractivity contribution < 1.29 is 9.59 Å². The Balaban J connectivity index is 2.14. The third-order valence-corrected chi connectivity index (χ3v) is 2.96. The van der Waals surface area contributed by atoms with Crippen LogP contribution in [0.4, 0.5) is 17.3 Å². The van der Waals surface area contributed by atoms with Crippen molar-refractivity contribution in [3.05, 3.63) is 54.4 Å². The minimum atomic E-state index is -0.288. The van der Waals surface area contributed by atoms with E-state index in [0.29, 0.717) is 23.9 Å². The van der Waals surface area contributed by atoms with Crippen LogP contribution in [-0.2, 0) is 4.79 Å². The Labute approximate surface area is 140 Å². The summed E-state index contributed by atoms with van der Waals surface area (Å²) in [4.78, 5) is 31.5. The molecule has 2 aromatic rings. The number of rotatable bonds is 6. The topological polar surface area (TPSA) is 96.0 Å². The number of carbonyl (C=O) groups is 2. The molecule has 0 atom stereocenters. The van der Waals surface area contributed by atoms with Crippen LogP contribution in [0.15, 0.2) is 43.0 Å². The molecule has 0 bridgehead atoms. The van der Waals surface area contributed by atoms with Gasteiger partial charge in [-0.1, -0.05) is 6.08 Å². The Kier molecular flexibility index (Phi) is 5.62. The molecule has 3 N–H and O–H groups in total. The van der Waals surface area contributed by atoms with Crippen LogP contribution in [0, 0.1) is 6.92 Å².